The Labute approximate surface area is 254 Å². The molecule has 2 atom stereocenters. The second-order valence-corrected chi connectivity index (χ2v) is 10.00. The van der Waals surface area contributed by atoms with E-state index in [1.54, 1.807) is 49.6 Å². The molecule has 0 saturated heterocycles. The van der Waals surface area contributed by atoms with Crippen molar-refractivity contribution in [3.8, 4) is 5.75 Å². The van der Waals surface area contributed by atoms with Crippen LogP contribution in [0.1, 0.15) is 41.2 Å². The number of ether oxygens (including phenoxy) is 3. The predicted octanol–water partition coefficient (Wildman–Crippen LogP) is 4.33. The fourth-order valence-corrected chi connectivity index (χ4v) is 4.97. The van der Waals surface area contributed by atoms with Gasteiger partial charge in [0, 0.05) is 50.8 Å². The molecule has 228 valence electrons. The molecule has 0 saturated carbocycles. The average molecular weight is 601 g/mol. The zero-order chi connectivity index (χ0) is 31.2. The van der Waals surface area contributed by atoms with E-state index in [1.807, 2.05) is 30.3 Å². The summed E-state index contributed by atoms with van der Waals surface area (Å²) in [4.78, 5) is 25.8. The summed E-state index contributed by atoms with van der Waals surface area (Å²) in [7, 11) is 1.60. The van der Waals surface area contributed by atoms with Crippen LogP contribution in [0.25, 0.3) is 0 Å². The number of nitrogens with zero attached hydrogens (tertiary/aromatic N) is 5. The molecule has 1 aliphatic heterocycles. The first-order valence-corrected chi connectivity index (χ1v) is 14.2. The van der Waals surface area contributed by atoms with E-state index >= 15 is 0 Å². The number of benzene rings is 3. The summed E-state index contributed by atoms with van der Waals surface area (Å²) < 4.78 is 17.4. The predicted molar refractivity (Wildman–Crippen MR) is 161 cm³/mol. The number of amides is 1. The van der Waals surface area contributed by atoms with Gasteiger partial charge in [0.05, 0.1) is 6.61 Å². The van der Waals surface area contributed by atoms with Gasteiger partial charge in [-0.25, -0.2) is 4.99 Å². The minimum absolute atomic E-state index is 0.0378. The lowest BCUT2D eigenvalue weighted by atomic mass is 9.80. The first kappa shape index (κ1) is 31.9. The number of nitrogens with one attached hydrogen (secondary N) is 3. The third-order valence-corrected chi connectivity index (χ3v) is 7.11. The minimum Gasteiger partial charge on any atom is -0.494 e. The summed E-state index contributed by atoms with van der Waals surface area (Å²) in [6.45, 7) is 1.41. The number of rotatable bonds is 16. The van der Waals surface area contributed by atoms with Crippen molar-refractivity contribution in [2.45, 2.75) is 37.5 Å². The van der Waals surface area contributed by atoms with Crippen molar-refractivity contribution < 1.29 is 24.1 Å². The number of aliphatic hydroxyl groups excluding tert-OH is 1. The van der Waals surface area contributed by atoms with Crippen molar-refractivity contribution >= 4 is 17.5 Å². The van der Waals surface area contributed by atoms with Crippen LogP contribution in [0.2, 0.25) is 0 Å². The van der Waals surface area contributed by atoms with Gasteiger partial charge in [-0.15, -0.1) is 0 Å². The molecule has 0 spiro atoms. The third kappa shape index (κ3) is 7.66. The second-order valence-electron chi connectivity index (χ2n) is 10.00. The average Bonchev–Trinajstić information content (AvgIpc) is 3.43. The zero-order valence-corrected chi connectivity index (χ0v) is 24.5. The highest BCUT2D eigenvalue weighted by molar-refractivity contribution is 6.01. The Kier molecular flexibility index (Phi) is 11.6. The molecule has 3 aromatic carbocycles. The van der Waals surface area contributed by atoms with Gasteiger partial charge in [0.1, 0.15) is 28.5 Å². The van der Waals surface area contributed by atoms with Crippen molar-refractivity contribution in [3.05, 3.63) is 95.1 Å². The van der Waals surface area contributed by atoms with Crippen molar-refractivity contribution in [2.24, 2.45) is 15.2 Å². The van der Waals surface area contributed by atoms with E-state index in [0.717, 1.165) is 11.1 Å². The lowest BCUT2D eigenvalue weighted by Gasteiger charge is -2.31. The van der Waals surface area contributed by atoms with Crippen LogP contribution in [-0.4, -0.2) is 55.9 Å². The lowest BCUT2D eigenvalue weighted by Crippen LogP contribution is -2.50. The molecule has 0 aliphatic carbocycles. The molecule has 13 nitrogen and oxygen atoms in total. The Bertz CT molecular complexity index is 1550. The molecule has 1 heterocycles. The van der Waals surface area contributed by atoms with Crippen molar-refractivity contribution in [3.63, 3.8) is 0 Å². The van der Waals surface area contributed by atoms with E-state index in [9.17, 15) is 4.79 Å². The first-order chi connectivity index (χ1) is 21.6. The number of carbonyl (C=O) groups excluding carboxylic acids is 1. The molecule has 13 heteroatoms. The Morgan fingerprint density at radius 2 is 1.77 bits per heavy atom. The van der Waals surface area contributed by atoms with Gasteiger partial charge in [0.25, 0.3) is 5.91 Å². The number of carbonyl (C=O) groups is 1. The topological polar surface area (TPSA) is 190 Å². The number of hydrogen-bond donors (Lipinski definition) is 4. The van der Waals surface area contributed by atoms with Crippen molar-refractivity contribution in [2.75, 3.05) is 33.5 Å². The Balaban J connectivity index is 1.85. The first-order valence-electron chi connectivity index (χ1n) is 14.2. The Hall–Kier alpha value is -5.06. The second kappa shape index (κ2) is 16.0. The zero-order valence-electron chi connectivity index (χ0n) is 24.5. The van der Waals surface area contributed by atoms with E-state index in [2.05, 4.69) is 25.4 Å². The number of methoxy groups -OCH3 is 1. The number of aliphatic imine (C=N–C) groups is 1. The van der Waals surface area contributed by atoms with Gasteiger partial charge < -0.3 is 24.6 Å². The normalized spacial score (nSPS) is 17.0. The molecule has 1 aliphatic rings. The third-order valence-electron chi connectivity index (χ3n) is 7.11. The van der Waals surface area contributed by atoms with Crippen LogP contribution in [0, 0.1) is 11.1 Å². The standard InChI is InChI=1S/C31H35N8O5/c1-42-18-6-16-34-30(41)31(20-23-8-2-3-9-24(23)21-35-38-32)28(26-10-4-5-11-27(26)37-39-33)44-29(36-31)22-12-14-25(15-13-22)43-19-7-17-40/h2-5,8-15,28,32-33,40H,6-7,16-21H2,1H3/q+1/p+1/t28-,31-/m1/s1. The van der Waals surface area contributed by atoms with Crippen LogP contribution in [0.15, 0.2) is 88.0 Å². The maximum absolute atomic E-state index is 14.3. The molecule has 1 amide bonds. The maximum Gasteiger partial charge on any atom is 0.252 e. The summed E-state index contributed by atoms with van der Waals surface area (Å²) >= 11 is 0. The van der Waals surface area contributed by atoms with Gasteiger partial charge in [-0.3, -0.25) is 4.79 Å². The number of aliphatic hydroxyl groups is 1. The van der Waals surface area contributed by atoms with E-state index < -0.39 is 11.6 Å². The summed E-state index contributed by atoms with van der Waals surface area (Å²) in [5.41, 5.74) is 16.2. The SMILES string of the molecule is COCCCNC(=O)[C@]1(Cc2ccccc2CN=[N+]=N)N=C(c2ccc(OCCCO)cc2)O[C@@H]1c1ccccc1N=[N+]=N. The van der Waals surface area contributed by atoms with Crippen molar-refractivity contribution in [1.29, 1.82) is 11.1 Å². The van der Waals surface area contributed by atoms with E-state index in [1.165, 1.54) is 0 Å². The van der Waals surface area contributed by atoms with Crippen LogP contribution >= 0.6 is 0 Å². The quantitative estimate of drug-likeness (QED) is 0.108. The van der Waals surface area contributed by atoms with E-state index in [0.29, 0.717) is 55.2 Å². The van der Waals surface area contributed by atoms with Crippen LogP contribution < -0.4 is 19.9 Å². The highest BCUT2D eigenvalue weighted by Gasteiger charge is 2.54. The molecule has 0 aromatic heterocycles. The van der Waals surface area contributed by atoms with Crippen LogP contribution in [0.4, 0.5) is 5.69 Å². The summed E-state index contributed by atoms with van der Waals surface area (Å²) in [6, 6.07) is 21.7. The van der Waals surface area contributed by atoms with Gasteiger partial charge in [0.15, 0.2) is 22.4 Å². The molecule has 3 aromatic rings. The fourth-order valence-electron chi connectivity index (χ4n) is 4.97. The molecular weight excluding hydrogens is 564 g/mol. The van der Waals surface area contributed by atoms with Crippen LogP contribution in [0.5, 0.6) is 5.75 Å². The van der Waals surface area contributed by atoms with Gasteiger partial charge in [0.2, 0.25) is 15.7 Å². The van der Waals surface area contributed by atoms with Gasteiger partial charge in [-0.1, -0.05) is 42.5 Å². The summed E-state index contributed by atoms with van der Waals surface area (Å²) in [5.74, 6) is 0.523. The molecule has 4 N–H and O–H groups in total. The molecule has 0 unspecified atom stereocenters. The molecule has 44 heavy (non-hydrogen) atoms. The van der Waals surface area contributed by atoms with Gasteiger partial charge in [-0.05, 0) is 47.9 Å². The van der Waals surface area contributed by atoms with E-state index in [-0.39, 0.29) is 31.4 Å². The fraction of sp³-hybridized carbons (Fsp3) is 0.355. The molecule has 0 fully saturated rings. The minimum atomic E-state index is -1.50. The summed E-state index contributed by atoms with van der Waals surface area (Å²) in [6.07, 6.45) is 0.312. The Morgan fingerprint density at radius 3 is 2.50 bits per heavy atom. The highest BCUT2D eigenvalue weighted by atomic mass is 16.5. The van der Waals surface area contributed by atoms with Crippen LogP contribution in [0.3, 0.4) is 0 Å². The van der Waals surface area contributed by atoms with Gasteiger partial charge in [-0.2, -0.15) is 0 Å². The molecule has 0 bridgehead atoms. The largest absolute Gasteiger partial charge is 0.494 e. The monoisotopic (exact) mass is 600 g/mol. The van der Waals surface area contributed by atoms with Gasteiger partial charge >= 0.3 is 0 Å². The number of hydrogen-bond acceptors (Lipinski definition) is 10. The van der Waals surface area contributed by atoms with Crippen LogP contribution in [-0.2, 0) is 27.2 Å². The summed E-state index contributed by atoms with van der Waals surface area (Å²) in [5, 5.41) is 20.0. The Morgan fingerprint density at radius 1 is 1.02 bits per heavy atom. The maximum atomic E-state index is 14.3. The smallest absolute Gasteiger partial charge is 0.252 e. The molecule has 0 radical (unpaired) electrons. The highest BCUT2D eigenvalue weighted by Crippen LogP contribution is 2.45. The van der Waals surface area contributed by atoms with Crippen molar-refractivity contribution in [1.82, 2.24) is 15.1 Å². The molecule has 4 rings (SSSR count). The lowest BCUT2D eigenvalue weighted by molar-refractivity contribution is -0.129. The molecular formula is C31H36N8O5+2. The van der Waals surface area contributed by atoms with E-state index in [4.69, 9.17) is 35.4 Å².